The van der Waals surface area contributed by atoms with E-state index >= 15 is 0 Å². The van der Waals surface area contributed by atoms with Crippen LogP contribution < -0.4 is 0 Å². The zero-order valence-corrected chi connectivity index (χ0v) is 11.5. The number of aryl methyl sites for hydroxylation is 1. The first-order valence-corrected chi connectivity index (χ1v) is 6.47. The molecular weight excluding hydrogens is 296 g/mol. The molecule has 0 fully saturated rings. The number of aromatic carboxylic acids is 1. The van der Waals surface area contributed by atoms with Crippen molar-refractivity contribution in [1.82, 2.24) is 9.78 Å². The average molecular weight is 309 g/mol. The van der Waals surface area contributed by atoms with E-state index in [2.05, 4.69) is 28.0 Å². The number of hydrogen-bond donors (Lipinski definition) is 1. The van der Waals surface area contributed by atoms with E-state index < -0.39 is 5.97 Å². The van der Waals surface area contributed by atoms with Crippen LogP contribution >= 0.6 is 15.9 Å². The molecule has 0 aliphatic heterocycles. The molecule has 0 aliphatic carbocycles. The Morgan fingerprint density at radius 1 is 1.44 bits per heavy atom. The molecule has 1 aromatic heterocycles. The monoisotopic (exact) mass is 308 g/mol. The summed E-state index contributed by atoms with van der Waals surface area (Å²) >= 11 is 3.24. The number of carboxylic acids is 1. The number of carboxylic acid groups (broad SMARTS) is 1. The highest BCUT2D eigenvalue weighted by molar-refractivity contribution is 9.10. The van der Waals surface area contributed by atoms with Crippen LogP contribution in [0, 0.1) is 0 Å². The van der Waals surface area contributed by atoms with Gasteiger partial charge in [-0.2, -0.15) is 5.10 Å². The second-order valence-electron chi connectivity index (χ2n) is 3.94. The summed E-state index contributed by atoms with van der Waals surface area (Å²) in [5.41, 5.74) is 2.06. The fourth-order valence-corrected chi connectivity index (χ4v) is 2.23. The molecule has 18 heavy (non-hydrogen) atoms. The molecule has 2 aromatic rings. The van der Waals surface area contributed by atoms with Gasteiger partial charge in [0.2, 0.25) is 0 Å². The zero-order chi connectivity index (χ0) is 13.1. The first kappa shape index (κ1) is 12.8. The van der Waals surface area contributed by atoms with E-state index in [1.54, 1.807) is 18.3 Å². The van der Waals surface area contributed by atoms with Crippen LogP contribution in [0.25, 0.3) is 11.3 Å². The summed E-state index contributed by atoms with van der Waals surface area (Å²) in [4.78, 5) is 11.1. The fraction of sp³-hybridized carbons (Fsp3) is 0.231. The molecule has 0 saturated heterocycles. The van der Waals surface area contributed by atoms with Gasteiger partial charge in [0, 0.05) is 22.8 Å². The molecule has 1 N–H and O–H groups in total. The maximum Gasteiger partial charge on any atom is 0.336 e. The summed E-state index contributed by atoms with van der Waals surface area (Å²) in [6, 6.07) is 7.20. The fourth-order valence-electron chi connectivity index (χ4n) is 1.82. The van der Waals surface area contributed by atoms with Crippen molar-refractivity contribution < 1.29 is 9.90 Å². The molecule has 2 rings (SSSR count). The Hall–Kier alpha value is -1.62. The maximum atomic E-state index is 11.1. The molecule has 0 amide bonds. The average Bonchev–Trinajstić information content (AvgIpc) is 2.78. The SMILES string of the molecule is CCCn1nccc1-c1ccc(Br)c(C(=O)O)c1. The Balaban J connectivity index is 2.47. The van der Waals surface area contributed by atoms with Gasteiger partial charge in [0.1, 0.15) is 0 Å². The minimum Gasteiger partial charge on any atom is -0.478 e. The number of halogens is 1. The van der Waals surface area contributed by atoms with E-state index in [9.17, 15) is 4.79 Å². The van der Waals surface area contributed by atoms with Gasteiger partial charge in [-0.1, -0.05) is 13.0 Å². The molecule has 5 heteroatoms. The number of rotatable bonds is 4. The van der Waals surface area contributed by atoms with Crippen LogP contribution in [0.2, 0.25) is 0 Å². The van der Waals surface area contributed by atoms with Crippen molar-refractivity contribution >= 4 is 21.9 Å². The lowest BCUT2D eigenvalue weighted by Gasteiger charge is -2.08. The van der Waals surface area contributed by atoms with Crippen molar-refractivity contribution in [3.8, 4) is 11.3 Å². The number of aromatic nitrogens is 2. The zero-order valence-electron chi connectivity index (χ0n) is 9.93. The highest BCUT2D eigenvalue weighted by atomic mass is 79.9. The molecule has 0 atom stereocenters. The number of benzene rings is 1. The molecule has 0 radical (unpaired) electrons. The van der Waals surface area contributed by atoms with Crippen molar-refractivity contribution in [3.05, 3.63) is 40.5 Å². The second-order valence-corrected chi connectivity index (χ2v) is 4.79. The Bertz CT molecular complexity index is 578. The Morgan fingerprint density at radius 3 is 2.89 bits per heavy atom. The lowest BCUT2D eigenvalue weighted by molar-refractivity contribution is 0.0696. The van der Waals surface area contributed by atoms with Crippen LogP contribution in [-0.2, 0) is 6.54 Å². The van der Waals surface area contributed by atoms with Crippen LogP contribution in [-0.4, -0.2) is 20.9 Å². The largest absolute Gasteiger partial charge is 0.478 e. The summed E-state index contributed by atoms with van der Waals surface area (Å²) in [5, 5.41) is 13.3. The Labute approximate surface area is 113 Å². The standard InChI is InChI=1S/C13H13BrN2O2/c1-2-7-16-12(5-6-15-16)9-3-4-11(14)10(8-9)13(17)18/h3-6,8H,2,7H2,1H3,(H,17,18). The molecule has 0 aliphatic rings. The minimum atomic E-state index is -0.940. The van der Waals surface area contributed by atoms with Crippen molar-refractivity contribution in [2.45, 2.75) is 19.9 Å². The van der Waals surface area contributed by atoms with Gasteiger partial charge in [-0.05, 0) is 40.5 Å². The van der Waals surface area contributed by atoms with Crippen LogP contribution in [0.5, 0.6) is 0 Å². The normalized spacial score (nSPS) is 10.6. The molecule has 4 nitrogen and oxygen atoms in total. The smallest absolute Gasteiger partial charge is 0.336 e. The molecular formula is C13H13BrN2O2. The van der Waals surface area contributed by atoms with Crippen molar-refractivity contribution in [3.63, 3.8) is 0 Å². The molecule has 1 aromatic carbocycles. The topological polar surface area (TPSA) is 55.1 Å². The summed E-state index contributed by atoms with van der Waals surface area (Å²) in [5.74, 6) is -0.940. The van der Waals surface area contributed by atoms with Crippen molar-refractivity contribution in [1.29, 1.82) is 0 Å². The minimum absolute atomic E-state index is 0.261. The Kier molecular flexibility index (Phi) is 3.81. The highest BCUT2D eigenvalue weighted by Gasteiger charge is 2.12. The molecule has 0 saturated carbocycles. The van der Waals surface area contributed by atoms with Gasteiger partial charge in [-0.25, -0.2) is 4.79 Å². The summed E-state index contributed by atoms with van der Waals surface area (Å²) in [7, 11) is 0. The maximum absolute atomic E-state index is 11.1. The predicted molar refractivity (Wildman–Crippen MR) is 72.6 cm³/mol. The molecule has 1 heterocycles. The van der Waals surface area contributed by atoms with Gasteiger partial charge in [-0.3, -0.25) is 4.68 Å². The van der Waals surface area contributed by atoms with Crippen LogP contribution in [0.1, 0.15) is 23.7 Å². The van der Waals surface area contributed by atoms with Gasteiger partial charge in [0.15, 0.2) is 0 Å². The van der Waals surface area contributed by atoms with Crippen LogP contribution in [0.3, 0.4) is 0 Å². The summed E-state index contributed by atoms with van der Waals surface area (Å²) < 4.78 is 2.47. The van der Waals surface area contributed by atoms with Crippen LogP contribution in [0.15, 0.2) is 34.9 Å². The van der Waals surface area contributed by atoms with Crippen LogP contribution in [0.4, 0.5) is 0 Å². The Morgan fingerprint density at radius 2 is 2.22 bits per heavy atom. The predicted octanol–water partition coefficient (Wildman–Crippen LogP) is 3.42. The lowest BCUT2D eigenvalue weighted by Crippen LogP contribution is -2.02. The molecule has 94 valence electrons. The molecule has 0 spiro atoms. The highest BCUT2D eigenvalue weighted by Crippen LogP contribution is 2.25. The lowest BCUT2D eigenvalue weighted by atomic mass is 10.1. The molecule has 0 bridgehead atoms. The van der Waals surface area contributed by atoms with Gasteiger partial charge in [0.05, 0.1) is 11.3 Å². The van der Waals surface area contributed by atoms with E-state index in [1.807, 2.05) is 16.8 Å². The molecule has 0 unspecified atom stereocenters. The first-order valence-electron chi connectivity index (χ1n) is 5.68. The third kappa shape index (κ3) is 2.46. The van der Waals surface area contributed by atoms with Crippen molar-refractivity contribution in [2.24, 2.45) is 0 Å². The van der Waals surface area contributed by atoms with E-state index in [0.717, 1.165) is 24.2 Å². The number of carbonyl (C=O) groups is 1. The van der Waals surface area contributed by atoms with Crippen molar-refractivity contribution in [2.75, 3.05) is 0 Å². The third-order valence-electron chi connectivity index (χ3n) is 2.64. The quantitative estimate of drug-likeness (QED) is 0.941. The van der Waals surface area contributed by atoms with Gasteiger partial charge < -0.3 is 5.11 Å². The second kappa shape index (κ2) is 5.35. The number of nitrogens with zero attached hydrogens (tertiary/aromatic N) is 2. The van der Waals surface area contributed by atoms with Gasteiger partial charge in [0.25, 0.3) is 0 Å². The summed E-state index contributed by atoms with van der Waals surface area (Å²) in [6.07, 6.45) is 2.71. The van der Waals surface area contributed by atoms with E-state index in [0.29, 0.717) is 4.47 Å². The van der Waals surface area contributed by atoms with E-state index in [4.69, 9.17) is 5.11 Å². The summed E-state index contributed by atoms with van der Waals surface area (Å²) in [6.45, 7) is 2.90. The van der Waals surface area contributed by atoms with E-state index in [1.165, 1.54) is 0 Å². The number of hydrogen-bond acceptors (Lipinski definition) is 2. The third-order valence-corrected chi connectivity index (χ3v) is 3.34. The van der Waals surface area contributed by atoms with Gasteiger partial charge >= 0.3 is 5.97 Å². The van der Waals surface area contributed by atoms with E-state index in [-0.39, 0.29) is 5.56 Å². The first-order chi connectivity index (χ1) is 8.63. The van der Waals surface area contributed by atoms with Gasteiger partial charge in [-0.15, -0.1) is 0 Å².